The summed E-state index contributed by atoms with van der Waals surface area (Å²) in [6.07, 6.45) is 35.2. The maximum atomic E-state index is 13.0. The Labute approximate surface area is 685 Å². The predicted octanol–water partition coefficient (Wildman–Crippen LogP) is 20.6. The number of benzene rings is 7. The Hall–Kier alpha value is -9.63. The summed E-state index contributed by atoms with van der Waals surface area (Å²) in [5, 5.41) is 10.9. The number of alkyl halides is 1. The molecule has 7 aliphatic heterocycles. The lowest BCUT2D eigenvalue weighted by Gasteiger charge is -2.24. The number of aldehydes is 1. The van der Waals surface area contributed by atoms with E-state index in [4.69, 9.17) is 25.9 Å². The number of allylic oxidation sites excluding steroid dienone is 5. The normalized spacial score (nSPS) is 18.4. The van der Waals surface area contributed by atoms with E-state index < -0.39 is 0 Å². The molecule has 4 aliphatic carbocycles. The molecule has 11 aliphatic rings. The van der Waals surface area contributed by atoms with Gasteiger partial charge in [-0.1, -0.05) is 180 Å². The zero-order valence-electron chi connectivity index (χ0n) is 67.8. The zero-order valence-corrected chi connectivity index (χ0v) is 68.9. The first-order valence-electron chi connectivity index (χ1n) is 41.3. The Morgan fingerprint density at radius 1 is 0.491 bits per heavy atom. The van der Waals surface area contributed by atoms with Crippen LogP contribution in [0.3, 0.4) is 0 Å². The van der Waals surface area contributed by atoms with Gasteiger partial charge in [0.15, 0.2) is 31.0 Å². The molecule has 4 saturated carbocycles. The van der Waals surface area contributed by atoms with Crippen LogP contribution in [0.15, 0.2) is 167 Å². The number of para-hydroxylation sites is 1. The number of aromatic amines is 1. The van der Waals surface area contributed by atoms with Crippen molar-refractivity contribution in [2.24, 2.45) is 27.7 Å². The van der Waals surface area contributed by atoms with Crippen LogP contribution in [0, 0.1) is 49.0 Å². The molecule has 0 amide bonds. The number of nitrogens with zero attached hydrogens (tertiary/aromatic N) is 3. The summed E-state index contributed by atoms with van der Waals surface area (Å²) < 4.78 is 38.5. The molecular weight excluding hydrogens is 1540 g/mol. The van der Waals surface area contributed by atoms with Gasteiger partial charge in [-0.3, -0.25) is 48.2 Å². The lowest BCUT2D eigenvalue weighted by Crippen LogP contribution is -2.28. The molecule has 598 valence electrons. The Balaban J connectivity index is 0.000000139. The smallest absolute Gasteiger partial charge is 0.232 e. The topological polar surface area (TPSA) is 236 Å². The highest BCUT2D eigenvalue weighted by Crippen LogP contribution is 2.43. The van der Waals surface area contributed by atoms with Gasteiger partial charge in [-0.2, -0.15) is 5.10 Å². The number of H-pyrrole nitrogens is 1. The largest absolute Gasteiger partial charge is 0.484 e. The maximum Gasteiger partial charge on any atom is 0.232 e. The lowest BCUT2D eigenvalue weighted by molar-refractivity contribution is -0.120. The number of aryl methyl sites for hydroxylation is 4. The minimum Gasteiger partial charge on any atom is -0.484 e. The fraction of sp³-hybridized carbons (Fsp3) is 0.406. The Morgan fingerprint density at radius 2 is 0.904 bits per heavy atom. The van der Waals surface area contributed by atoms with Crippen molar-refractivity contribution in [3.8, 4) is 23.0 Å². The number of hydrogen-bond acceptors (Lipinski definition) is 14. The number of piperidine rings is 1. The maximum absolute atomic E-state index is 13.0. The number of ether oxygens (including phenoxy) is 4. The van der Waals surface area contributed by atoms with E-state index in [1.165, 1.54) is 166 Å². The second-order valence-corrected chi connectivity index (χ2v) is 32.4. The molecule has 19 rings (SSSR count). The van der Waals surface area contributed by atoms with Crippen LogP contribution in [-0.4, -0.2) is 95.8 Å². The van der Waals surface area contributed by atoms with E-state index in [0.717, 1.165) is 147 Å². The fourth-order valence-electron chi connectivity index (χ4n) is 16.8. The number of rotatable bonds is 9. The summed E-state index contributed by atoms with van der Waals surface area (Å²) in [6.45, 7) is 16.2. The molecule has 16 nitrogen and oxygen atoms in total. The summed E-state index contributed by atoms with van der Waals surface area (Å²) in [5.41, 5.74) is 26.8. The molecule has 8 heterocycles. The predicted molar refractivity (Wildman–Crippen MR) is 459 cm³/mol. The number of aliphatic imine (C=N–C) groups is 2. The van der Waals surface area contributed by atoms with E-state index in [9.17, 15) is 33.2 Å². The molecular formula is C96H109FIN5O11. The van der Waals surface area contributed by atoms with E-state index in [-0.39, 0.29) is 36.3 Å². The van der Waals surface area contributed by atoms with Crippen molar-refractivity contribution in [1.82, 2.24) is 15.5 Å². The summed E-state index contributed by atoms with van der Waals surface area (Å²) in [7, 11) is 0.500. The highest BCUT2D eigenvalue weighted by Gasteiger charge is 2.35. The highest BCUT2D eigenvalue weighted by atomic mass is 127. The molecule has 1 saturated heterocycles. The average molecular weight is 1660 g/mol. The Morgan fingerprint density at radius 3 is 1.37 bits per heavy atom. The van der Waals surface area contributed by atoms with Gasteiger partial charge in [0, 0.05) is 41.5 Å². The van der Waals surface area contributed by atoms with Crippen LogP contribution in [0.2, 0.25) is 0 Å². The van der Waals surface area contributed by atoms with Gasteiger partial charge in [0.05, 0.1) is 63.0 Å². The summed E-state index contributed by atoms with van der Waals surface area (Å²) in [6, 6.07) is 39.6. The second-order valence-electron chi connectivity index (χ2n) is 31.3. The zero-order chi connectivity index (χ0) is 81.3. The Bertz CT molecular complexity index is 4760. The van der Waals surface area contributed by atoms with Crippen LogP contribution in [0.25, 0.3) is 10.9 Å². The van der Waals surface area contributed by atoms with Crippen molar-refractivity contribution < 1.29 is 59.0 Å². The van der Waals surface area contributed by atoms with Crippen LogP contribution in [-0.2, 0) is 37.1 Å². The van der Waals surface area contributed by atoms with Crippen molar-refractivity contribution in [2.45, 2.75) is 201 Å². The van der Waals surface area contributed by atoms with Crippen molar-refractivity contribution in [3.05, 3.63) is 250 Å². The molecule has 7 aromatic carbocycles. The minimum atomic E-state index is -0.0337. The third-order valence-electron chi connectivity index (χ3n) is 23.4. The van der Waals surface area contributed by atoms with E-state index >= 15 is 0 Å². The number of carbonyl (C=O) groups excluding carboxylic acids is 6. The number of carbonyl (C=O) groups is 6. The van der Waals surface area contributed by atoms with Gasteiger partial charge >= 0.3 is 0 Å². The van der Waals surface area contributed by atoms with Gasteiger partial charge in [0.25, 0.3) is 0 Å². The second kappa shape index (κ2) is 41.6. The third-order valence-corrected chi connectivity index (χ3v) is 24.7. The highest BCUT2D eigenvalue weighted by molar-refractivity contribution is 14.1. The van der Waals surface area contributed by atoms with Crippen LogP contribution < -0.4 is 24.3 Å². The third kappa shape index (κ3) is 21.3. The van der Waals surface area contributed by atoms with Gasteiger partial charge in [-0.05, 0) is 232 Å². The molecule has 0 spiro atoms. The van der Waals surface area contributed by atoms with Gasteiger partial charge in [0.2, 0.25) is 24.6 Å². The van der Waals surface area contributed by atoms with E-state index in [1.807, 2.05) is 97.9 Å². The monoisotopic (exact) mass is 1650 g/mol. The molecule has 0 atom stereocenters. The average Bonchev–Trinajstić information content (AvgIpc) is 1.65. The Kier molecular flexibility index (Phi) is 30.6. The van der Waals surface area contributed by atoms with Gasteiger partial charge < -0.3 is 29.7 Å². The van der Waals surface area contributed by atoms with Gasteiger partial charge in [-0.15, -0.1) is 0 Å². The van der Waals surface area contributed by atoms with Gasteiger partial charge in [-0.25, -0.2) is 0 Å². The standard InChI is InChI=1S/C25H25NO2.C24H24N2O2.C16H20O2.C9H7IO2.C8H6N2O.C7H12.C6H10O.CH3F.H2O/c1-16-11-12-20-24(27)23(14-22-19-10-6-5-9-18(19)15-26-22)28-25(20)21(16)13-17-7-3-2-4-8-17;1-15-6-7-19-23(27)22(13-21-18-5-3-2-4-17(18)14-26-21)28-24(19)20(15)12-16-8-10-25-11-9-16;1-11-7-8-13-15(17)10-18-16(13)14(11)9-12-5-3-2-4-6-12;1-5-2-3-6-7(11)4-12-9(6)8(5)10;11-5-8-6-3-1-2-4-7(6)9-10-8;1-7-5-3-2-4-6-7;7-6-4-2-1-3-5-6;1-2;/h5-6,9-12,14,17H,2-4,7-8,13,15H2,1H3;2-7,13,16,25H,8-12,14H2,1H3;7-8,12H,2-6,9-10H2,1H3;2-3H,4H2,1H3;1-5H,(H,9,10);1-6H2;1-5H2;1H3;1H2/b23-14-;22-13-;;;;;;;/i/hD. The van der Waals surface area contributed by atoms with Crippen LogP contribution >= 0.6 is 22.6 Å². The van der Waals surface area contributed by atoms with Crippen molar-refractivity contribution >= 4 is 80.1 Å². The number of halogens is 2. The molecule has 0 radical (unpaired) electrons. The first-order valence-corrected chi connectivity index (χ1v) is 41.9. The van der Waals surface area contributed by atoms with Crippen LogP contribution in [0.5, 0.6) is 23.0 Å². The fourth-order valence-corrected chi connectivity index (χ4v) is 17.4. The summed E-state index contributed by atoms with van der Waals surface area (Å²) >= 11 is 2.20. The lowest BCUT2D eigenvalue weighted by atomic mass is 9.83. The summed E-state index contributed by atoms with van der Waals surface area (Å²) in [5.74, 6) is 6.75. The van der Waals surface area contributed by atoms with Crippen LogP contribution in [0.4, 0.5) is 4.39 Å². The number of nitrogens with one attached hydrogen (secondary N) is 2. The number of hydrogen-bond donors (Lipinski definition) is 2. The van der Waals surface area contributed by atoms with E-state index in [2.05, 4.69) is 118 Å². The number of Topliss-reactive ketones (excluding diaryl/α,β-unsaturated/α-hetero) is 5. The first kappa shape index (κ1) is 83.8. The van der Waals surface area contributed by atoms with Crippen LogP contribution in [0.1, 0.15) is 256 Å². The first-order chi connectivity index (χ1) is 56.1. The summed E-state index contributed by atoms with van der Waals surface area (Å²) in [4.78, 5) is 79.0. The number of fused-ring (bicyclic) bond motifs is 7. The molecule has 4 N–H and O–H groups in total. The number of aromatic nitrogens is 2. The molecule has 0 unspecified atom stereocenters. The molecule has 0 bridgehead atoms. The molecule has 18 heteroatoms. The molecule has 5 fully saturated rings. The van der Waals surface area contributed by atoms with E-state index in [0.29, 0.717) is 66.2 Å². The minimum absolute atomic E-state index is 0.0213. The van der Waals surface area contributed by atoms with Crippen molar-refractivity contribution in [2.75, 3.05) is 33.5 Å². The van der Waals surface area contributed by atoms with Crippen molar-refractivity contribution in [3.63, 3.8) is 0 Å². The molecule has 114 heavy (non-hydrogen) atoms. The van der Waals surface area contributed by atoms with E-state index in [1.54, 1.807) is 0 Å². The van der Waals surface area contributed by atoms with Crippen molar-refractivity contribution in [1.29, 1.82) is 0 Å². The quantitative estimate of drug-likeness (QED) is 0.0594. The SMILES string of the molecule is C=C1CCCCC1.CF.Cc1ccc2c(c1CC1CCCCC1)O/C(=C\C1=NCc3ccccc31)C2=O.Cc1ccc2c(c1CC1CCCCC1)OCC2=O.Cc1ccc2c(c1CC1CCNCC1)O/C(=C\C1=NCc3ccccc31)C2=O.Cc1ccc2c(c1I)OCC2=O.O=C1CCCCC1.O=Cc1[nH]nc2ccccc12.[2H]O. The van der Waals surface area contributed by atoms with Gasteiger partial charge in [0.1, 0.15) is 34.5 Å². The number of ketones is 5. The molecule has 1 aromatic heterocycles. The molecule has 8 aromatic rings.